The number of sulfone groups is 1. The normalized spacial score (nSPS) is 12.0. The second-order valence-electron chi connectivity index (χ2n) is 3.98. The molecule has 0 saturated carbocycles. The molecule has 5 nitrogen and oxygen atoms in total. The lowest BCUT2D eigenvalue weighted by atomic mass is 10.3. The quantitative estimate of drug-likeness (QED) is 0.811. The van der Waals surface area contributed by atoms with E-state index in [9.17, 15) is 26.4 Å². The van der Waals surface area contributed by atoms with Crippen LogP contribution in [0.2, 0.25) is 0 Å². The van der Waals surface area contributed by atoms with Gasteiger partial charge < -0.3 is 10.0 Å². The summed E-state index contributed by atoms with van der Waals surface area (Å²) < 4.78 is 61.1. The van der Waals surface area contributed by atoms with Crippen LogP contribution in [0.25, 0.3) is 0 Å². The van der Waals surface area contributed by atoms with Crippen molar-refractivity contribution in [3.8, 4) is 0 Å². The van der Waals surface area contributed by atoms with Crippen molar-refractivity contribution in [2.45, 2.75) is 10.4 Å². The highest BCUT2D eigenvalue weighted by molar-refractivity contribution is 7.92. The van der Waals surface area contributed by atoms with Gasteiger partial charge in [0.05, 0.1) is 10.6 Å². The minimum atomic E-state index is -5.58. The van der Waals surface area contributed by atoms with Crippen molar-refractivity contribution in [2.75, 3.05) is 18.0 Å². The molecule has 1 rings (SSSR count). The maximum atomic E-state index is 12.7. The summed E-state index contributed by atoms with van der Waals surface area (Å²) in [7, 11) is -5.58. The third-order valence-corrected chi connectivity index (χ3v) is 4.01. The van der Waals surface area contributed by atoms with E-state index in [2.05, 4.69) is 6.58 Å². The van der Waals surface area contributed by atoms with Gasteiger partial charge in [-0.05, 0) is 12.1 Å². The number of hydrogen-bond donors (Lipinski definition) is 1. The number of hydrogen-bond acceptors (Lipinski definition) is 4. The highest BCUT2D eigenvalue weighted by atomic mass is 32.2. The third kappa shape index (κ3) is 3.75. The van der Waals surface area contributed by atoms with Crippen molar-refractivity contribution in [1.82, 2.24) is 0 Å². The molecule has 116 valence electrons. The molecule has 9 heteroatoms. The molecular formula is C12H12F3NO4S. The Morgan fingerprint density at radius 1 is 1.33 bits per heavy atom. The highest BCUT2D eigenvalue weighted by Crippen LogP contribution is 2.35. The highest BCUT2D eigenvalue weighted by Gasteiger charge is 2.48. The second-order valence-corrected chi connectivity index (χ2v) is 5.89. The first-order valence-electron chi connectivity index (χ1n) is 5.59. The van der Waals surface area contributed by atoms with E-state index in [4.69, 9.17) is 5.11 Å². The zero-order valence-corrected chi connectivity index (χ0v) is 11.5. The Bertz CT molecular complexity index is 640. The number of alkyl halides is 3. The van der Waals surface area contributed by atoms with Crippen LogP contribution in [0.15, 0.2) is 41.8 Å². The van der Waals surface area contributed by atoms with Crippen molar-refractivity contribution in [2.24, 2.45) is 0 Å². The Balaban J connectivity index is 3.44. The number of carbonyl (C=O) groups is 1. The van der Waals surface area contributed by atoms with Gasteiger partial charge in [-0.3, -0.25) is 4.79 Å². The molecule has 0 amide bonds. The number of para-hydroxylation sites is 1. The summed E-state index contributed by atoms with van der Waals surface area (Å²) in [6.45, 7) is 2.60. The monoisotopic (exact) mass is 323 g/mol. The summed E-state index contributed by atoms with van der Waals surface area (Å²) in [6, 6.07) is 4.36. The van der Waals surface area contributed by atoms with E-state index in [1.54, 1.807) is 0 Å². The van der Waals surface area contributed by atoms with Gasteiger partial charge in [-0.2, -0.15) is 13.2 Å². The van der Waals surface area contributed by atoms with Crippen LogP contribution in [-0.4, -0.2) is 38.1 Å². The first-order chi connectivity index (χ1) is 9.61. The molecule has 21 heavy (non-hydrogen) atoms. The van der Waals surface area contributed by atoms with E-state index < -0.39 is 32.8 Å². The van der Waals surface area contributed by atoms with E-state index in [0.717, 1.165) is 23.1 Å². The smallest absolute Gasteiger partial charge is 0.480 e. The van der Waals surface area contributed by atoms with Gasteiger partial charge in [-0.15, -0.1) is 6.58 Å². The first kappa shape index (κ1) is 17.0. The van der Waals surface area contributed by atoms with Crippen LogP contribution >= 0.6 is 0 Å². The van der Waals surface area contributed by atoms with Crippen molar-refractivity contribution in [1.29, 1.82) is 0 Å². The maximum Gasteiger partial charge on any atom is 0.501 e. The average Bonchev–Trinajstić information content (AvgIpc) is 2.36. The number of benzene rings is 1. The molecule has 0 aromatic heterocycles. The van der Waals surface area contributed by atoms with Crippen LogP contribution in [0.3, 0.4) is 0 Å². The molecule has 0 aliphatic rings. The predicted octanol–water partition coefficient (Wildman–Crippen LogP) is 2.06. The summed E-state index contributed by atoms with van der Waals surface area (Å²) in [5.41, 5.74) is -5.80. The molecule has 0 aliphatic heterocycles. The zero-order valence-electron chi connectivity index (χ0n) is 10.7. The number of rotatable bonds is 6. The van der Waals surface area contributed by atoms with Crippen LogP contribution in [0.1, 0.15) is 0 Å². The minimum Gasteiger partial charge on any atom is -0.480 e. The van der Waals surface area contributed by atoms with Gasteiger partial charge in [0.1, 0.15) is 6.54 Å². The lowest BCUT2D eigenvalue weighted by molar-refractivity contribution is -0.135. The van der Waals surface area contributed by atoms with E-state index >= 15 is 0 Å². The summed E-state index contributed by atoms with van der Waals surface area (Å²) in [5, 5.41) is 8.78. The van der Waals surface area contributed by atoms with Crippen LogP contribution in [-0.2, 0) is 14.6 Å². The number of carboxylic acid groups (broad SMARTS) is 1. The fourth-order valence-electron chi connectivity index (χ4n) is 1.64. The molecule has 0 radical (unpaired) electrons. The molecule has 0 spiro atoms. The van der Waals surface area contributed by atoms with Gasteiger partial charge in [0.25, 0.3) is 9.84 Å². The molecule has 0 aliphatic carbocycles. The number of carboxylic acids is 1. The van der Waals surface area contributed by atoms with Gasteiger partial charge in [-0.1, -0.05) is 18.2 Å². The number of anilines is 1. The molecule has 1 N–H and O–H groups in total. The SMILES string of the molecule is C=CCN(CC(=O)O)c1ccccc1S(=O)(=O)C(F)(F)F. The lowest BCUT2D eigenvalue weighted by Crippen LogP contribution is -2.32. The summed E-state index contributed by atoms with van der Waals surface area (Å²) in [6.07, 6.45) is 1.26. The number of aliphatic carboxylic acids is 1. The molecule has 1 aromatic carbocycles. The predicted molar refractivity (Wildman–Crippen MR) is 69.7 cm³/mol. The Hall–Kier alpha value is -2.03. The fraction of sp³-hybridized carbons (Fsp3) is 0.250. The van der Waals surface area contributed by atoms with Gasteiger partial charge in [0.15, 0.2) is 0 Å². The summed E-state index contributed by atoms with van der Waals surface area (Å²) >= 11 is 0. The molecule has 0 unspecified atom stereocenters. The summed E-state index contributed by atoms with van der Waals surface area (Å²) in [4.78, 5) is 10.8. The molecular weight excluding hydrogens is 311 g/mol. The Morgan fingerprint density at radius 3 is 2.38 bits per heavy atom. The van der Waals surface area contributed by atoms with Gasteiger partial charge in [0, 0.05) is 6.54 Å². The van der Waals surface area contributed by atoms with E-state index in [1.165, 1.54) is 12.1 Å². The molecule has 0 bridgehead atoms. The van der Waals surface area contributed by atoms with Crippen LogP contribution < -0.4 is 4.90 Å². The average molecular weight is 323 g/mol. The minimum absolute atomic E-state index is 0.114. The molecule has 1 aromatic rings. The van der Waals surface area contributed by atoms with Gasteiger partial charge in [0.2, 0.25) is 0 Å². The second kappa shape index (κ2) is 6.17. The van der Waals surface area contributed by atoms with Gasteiger partial charge >= 0.3 is 11.5 Å². The number of nitrogens with zero attached hydrogens (tertiary/aromatic N) is 1. The lowest BCUT2D eigenvalue weighted by Gasteiger charge is -2.24. The molecule has 0 fully saturated rings. The van der Waals surface area contributed by atoms with Crippen molar-refractivity contribution in [3.63, 3.8) is 0 Å². The van der Waals surface area contributed by atoms with E-state index in [-0.39, 0.29) is 12.2 Å². The van der Waals surface area contributed by atoms with Crippen LogP contribution in [0, 0.1) is 0 Å². The Labute approximate surface area is 119 Å². The molecule has 0 saturated heterocycles. The molecule has 0 atom stereocenters. The van der Waals surface area contributed by atoms with E-state index in [1.807, 2.05) is 0 Å². The standard InChI is InChI=1S/C12H12F3NO4S/c1-2-7-16(8-11(17)18)9-5-3-4-6-10(9)21(19,20)12(13,14)15/h2-6H,1,7-8H2,(H,17,18). The summed E-state index contributed by atoms with van der Waals surface area (Å²) in [5.74, 6) is -1.31. The van der Waals surface area contributed by atoms with Crippen molar-refractivity contribution in [3.05, 3.63) is 36.9 Å². The Morgan fingerprint density at radius 2 is 1.90 bits per heavy atom. The fourth-order valence-corrected chi connectivity index (χ4v) is 2.62. The maximum absolute atomic E-state index is 12.7. The van der Waals surface area contributed by atoms with E-state index in [0.29, 0.717) is 0 Å². The topological polar surface area (TPSA) is 74.7 Å². The number of halogens is 3. The third-order valence-electron chi connectivity index (χ3n) is 2.48. The van der Waals surface area contributed by atoms with Gasteiger partial charge in [-0.25, -0.2) is 8.42 Å². The molecule has 0 heterocycles. The van der Waals surface area contributed by atoms with Crippen molar-refractivity contribution < 1.29 is 31.5 Å². The van der Waals surface area contributed by atoms with Crippen LogP contribution in [0.4, 0.5) is 18.9 Å². The van der Waals surface area contributed by atoms with Crippen molar-refractivity contribution >= 4 is 21.5 Å². The Kier molecular flexibility index (Phi) is 5.00. The zero-order chi connectivity index (χ0) is 16.3. The van der Waals surface area contributed by atoms with Crippen LogP contribution in [0.5, 0.6) is 0 Å². The first-order valence-corrected chi connectivity index (χ1v) is 7.07. The largest absolute Gasteiger partial charge is 0.501 e.